The number of primary amides is 1. The van der Waals surface area contributed by atoms with E-state index in [4.69, 9.17) is 15.2 Å². The molecule has 0 bridgehead atoms. The summed E-state index contributed by atoms with van der Waals surface area (Å²) in [6, 6.07) is 16.4. The zero-order valence-electron chi connectivity index (χ0n) is 22.3. The lowest BCUT2D eigenvalue weighted by Crippen LogP contribution is -2.41. The van der Waals surface area contributed by atoms with Crippen LogP contribution in [0.15, 0.2) is 77.8 Å². The highest BCUT2D eigenvalue weighted by Gasteiger charge is 2.57. The fourth-order valence-electron chi connectivity index (χ4n) is 4.52. The van der Waals surface area contributed by atoms with Gasteiger partial charge in [-0.3, -0.25) is 19.5 Å². The van der Waals surface area contributed by atoms with Crippen molar-refractivity contribution in [3.63, 3.8) is 0 Å². The van der Waals surface area contributed by atoms with Gasteiger partial charge in [-0.1, -0.05) is 6.92 Å². The first-order valence-corrected chi connectivity index (χ1v) is 14.2. The Labute approximate surface area is 235 Å². The molecule has 0 radical (unpaired) electrons. The number of rotatable bonds is 10. The third kappa shape index (κ3) is 5.31. The van der Waals surface area contributed by atoms with Crippen LogP contribution in [-0.2, 0) is 19.6 Å². The Hall–Kier alpha value is -4.55. The van der Waals surface area contributed by atoms with Crippen LogP contribution in [0.4, 0.5) is 15.8 Å². The zero-order chi connectivity index (χ0) is 29.4. The fraction of sp³-hybridized carbons (Fsp3) is 0.207. The summed E-state index contributed by atoms with van der Waals surface area (Å²) < 4.78 is 53.1. The van der Waals surface area contributed by atoms with Gasteiger partial charge >= 0.3 is 0 Å². The number of anilines is 2. The summed E-state index contributed by atoms with van der Waals surface area (Å²) >= 11 is 0. The van der Waals surface area contributed by atoms with Crippen LogP contribution in [0.5, 0.6) is 17.2 Å². The van der Waals surface area contributed by atoms with E-state index in [0.717, 1.165) is 0 Å². The topological polar surface area (TPSA) is 141 Å². The number of amides is 2. The van der Waals surface area contributed by atoms with Gasteiger partial charge in [-0.05, 0) is 73.5 Å². The van der Waals surface area contributed by atoms with Gasteiger partial charge in [0.2, 0.25) is 21.8 Å². The number of sulfonamides is 1. The first-order valence-electron chi connectivity index (χ1n) is 12.7. The molecule has 1 aliphatic carbocycles. The summed E-state index contributed by atoms with van der Waals surface area (Å²) in [5.41, 5.74) is 5.51. The SMILES string of the molecule is CCNS(=O)(=O)c1cc2c(Oc3ccc(N(C(=O)C4(C(N)=O)CC4)c4ccc(F)cc4)cc3)ccnc2cc1OC. The molecule has 2 amide bonds. The van der Waals surface area contributed by atoms with Gasteiger partial charge in [0.15, 0.2) is 0 Å². The van der Waals surface area contributed by atoms with Crippen molar-refractivity contribution in [1.82, 2.24) is 9.71 Å². The van der Waals surface area contributed by atoms with E-state index in [-0.39, 0.29) is 17.2 Å². The molecular weight excluding hydrogens is 551 g/mol. The quantitative estimate of drug-likeness (QED) is 0.266. The Balaban J connectivity index is 1.50. The molecule has 10 nitrogen and oxygen atoms in total. The number of halogens is 1. The Morgan fingerprint density at radius 3 is 2.22 bits per heavy atom. The first kappa shape index (κ1) is 28.0. The molecule has 1 aliphatic rings. The van der Waals surface area contributed by atoms with Crippen LogP contribution in [0.25, 0.3) is 10.9 Å². The van der Waals surface area contributed by atoms with Gasteiger partial charge in [-0.25, -0.2) is 17.5 Å². The highest BCUT2D eigenvalue weighted by atomic mass is 32.2. The third-order valence-electron chi connectivity index (χ3n) is 6.85. The average Bonchev–Trinajstić information content (AvgIpc) is 3.77. The summed E-state index contributed by atoms with van der Waals surface area (Å²) in [5, 5.41) is 0.439. The minimum atomic E-state index is -3.85. The van der Waals surface area contributed by atoms with Gasteiger partial charge in [0.05, 0.1) is 12.6 Å². The van der Waals surface area contributed by atoms with E-state index in [9.17, 15) is 22.4 Å². The number of carbonyl (C=O) groups is 2. The second-order valence-corrected chi connectivity index (χ2v) is 11.2. The Morgan fingerprint density at radius 2 is 1.66 bits per heavy atom. The average molecular weight is 579 g/mol. The molecule has 41 heavy (non-hydrogen) atoms. The lowest BCUT2D eigenvalue weighted by molar-refractivity contribution is -0.133. The van der Waals surface area contributed by atoms with Crippen molar-refractivity contribution in [1.29, 1.82) is 0 Å². The van der Waals surface area contributed by atoms with Gasteiger partial charge in [0, 0.05) is 35.6 Å². The smallest absolute Gasteiger partial charge is 0.247 e. The van der Waals surface area contributed by atoms with Crippen LogP contribution in [-0.4, -0.2) is 38.9 Å². The Morgan fingerprint density at radius 1 is 1.02 bits per heavy atom. The van der Waals surface area contributed by atoms with Gasteiger partial charge in [-0.2, -0.15) is 0 Å². The Kier molecular flexibility index (Phi) is 7.37. The lowest BCUT2D eigenvalue weighted by atomic mass is 10.0. The second-order valence-electron chi connectivity index (χ2n) is 9.49. The van der Waals surface area contributed by atoms with Gasteiger partial charge in [-0.15, -0.1) is 0 Å². The molecule has 0 spiro atoms. The van der Waals surface area contributed by atoms with Crippen molar-refractivity contribution in [2.24, 2.45) is 11.1 Å². The fourth-order valence-corrected chi connectivity index (χ4v) is 5.74. The van der Waals surface area contributed by atoms with E-state index in [1.54, 1.807) is 37.3 Å². The summed E-state index contributed by atoms with van der Waals surface area (Å²) in [4.78, 5) is 31.2. The molecule has 1 saturated carbocycles. The highest BCUT2D eigenvalue weighted by molar-refractivity contribution is 7.89. The molecule has 5 rings (SSSR count). The maximum absolute atomic E-state index is 13.6. The molecule has 0 atom stereocenters. The summed E-state index contributed by atoms with van der Waals surface area (Å²) in [7, 11) is -2.47. The number of fused-ring (bicyclic) bond motifs is 1. The monoisotopic (exact) mass is 578 g/mol. The lowest BCUT2D eigenvalue weighted by Gasteiger charge is -2.26. The minimum Gasteiger partial charge on any atom is -0.495 e. The molecule has 0 aliphatic heterocycles. The van der Waals surface area contributed by atoms with Crippen LogP contribution in [0.3, 0.4) is 0 Å². The highest BCUT2D eigenvalue weighted by Crippen LogP contribution is 2.49. The molecule has 3 aromatic carbocycles. The van der Waals surface area contributed by atoms with Crippen LogP contribution in [0.2, 0.25) is 0 Å². The van der Waals surface area contributed by atoms with Crippen molar-refractivity contribution >= 4 is 44.1 Å². The van der Waals surface area contributed by atoms with Crippen molar-refractivity contribution in [3.8, 4) is 17.2 Å². The molecule has 1 heterocycles. The summed E-state index contributed by atoms with van der Waals surface area (Å²) in [5.74, 6) is -0.793. The normalized spacial score (nSPS) is 13.9. The van der Waals surface area contributed by atoms with E-state index in [1.165, 1.54) is 54.6 Å². The van der Waals surface area contributed by atoms with E-state index >= 15 is 0 Å². The maximum atomic E-state index is 13.6. The number of hydrogen-bond donors (Lipinski definition) is 2. The molecule has 4 aromatic rings. The van der Waals surface area contributed by atoms with Crippen molar-refractivity contribution in [2.45, 2.75) is 24.7 Å². The molecule has 3 N–H and O–H groups in total. The van der Waals surface area contributed by atoms with E-state index in [2.05, 4.69) is 9.71 Å². The van der Waals surface area contributed by atoms with Gasteiger partial charge < -0.3 is 15.2 Å². The number of aromatic nitrogens is 1. The van der Waals surface area contributed by atoms with E-state index in [0.29, 0.717) is 46.6 Å². The van der Waals surface area contributed by atoms with Gasteiger partial charge in [0.1, 0.15) is 33.4 Å². The van der Waals surface area contributed by atoms with Crippen molar-refractivity contribution in [2.75, 3.05) is 18.6 Å². The van der Waals surface area contributed by atoms with Crippen molar-refractivity contribution in [3.05, 3.63) is 78.7 Å². The molecule has 1 aromatic heterocycles. The molecule has 212 valence electrons. The number of carbonyl (C=O) groups excluding carboxylic acids is 2. The third-order valence-corrected chi connectivity index (χ3v) is 8.42. The molecule has 12 heteroatoms. The van der Waals surface area contributed by atoms with Crippen LogP contribution in [0.1, 0.15) is 19.8 Å². The molecular formula is C29H27FN4O6S. The minimum absolute atomic E-state index is 0.0561. The number of methoxy groups -OCH3 is 1. The number of hydrogen-bond acceptors (Lipinski definition) is 7. The van der Waals surface area contributed by atoms with Crippen LogP contribution >= 0.6 is 0 Å². The van der Waals surface area contributed by atoms with Crippen LogP contribution in [0, 0.1) is 11.2 Å². The van der Waals surface area contributed by atoms with E-state index < -0.39 is 33.1 Å². The number of benzene rings is 3. The van der Waals surface area contributed by atoms with Crippen LogP contribution < -0.4 is 24.8 Å². The Bertz CT molecular complexity index is 1740. The zero-order valence-corrected chi connectivity index (χ0v) is 23.1. The maximum Gasteiger partial charge on any atom is 0.247 e. The largest absolute Gasteiger partial charge is 0.495 e. The number of nitrogens with zero attached hydrogens (tertiary/aromatic N) is 2. The standard InChI is InChI=1S/C29H27FN4O6S/c1-3-33-41(37,38)26-16-22-23(17-25(26)39-2)32-15-12-24(22)40-21-10-8-20(9-11-21)34(19-6-4-18(30)5-7-19)28(36)29(13-14-29)27(31)35/h4-12,15-17,33H,3,13-14H2,1-2H3,(H2,31,35). The van der Waals surface area contributed by atoms with Gasteiger partial charge in [0.25, 0.3) is 0 Å². The predicted octanol–water partition coefficient (Wildman–Crippen LogP) is 4.40. The summed E-state index contributed by atoms with van der Waals surface area (Å²) in [6.45, 7) is 1.87. The number of nitrogens with one attached hydrogen (secondary N) is 1. The summed E-state index contributed by atoms with van der Waals surface area (Å²) in [6.07, 6.45) is 2.20. The number of ether oxygens (including phenoxy) is 2. The predicted molar refractivity (Wildman–Crippen MR) is 150 cm³/mol. The molecule has 0 saturated heterocycles. The van der Waals surface area contributed by atoms with E-state index in [1.807, 2.05) is 0 Å². The van der Waals surface area contributed by atoms with Crippen molar-refractivity contribution < 1.29 is 31.9 Å². The molecule has 1 fully saturated rings. The number of pyridine rings is 1. The molecule has 0 unspecified atom stereocenters. The second kappa shape index (κ2) is 10.8. The number of nitrogens with two attached hydrogens (primary N) is 1. The first-order chi connectivity index (χ1) is 19.6.